The monoisotopic (exact) mass is 354 g/mol. The zero-order valence-electron chi connectivity index (χ0n) is 14.9. The number of ether oxygens (including phenoxy) is 2. The lowest BCUT2D eigenvalue weighted by molar-refractivity contribution is 0.354. The van der Waals surface area contributed by atoms with Gasteiger partial charge in [0.2, 0.25) is 0 Å². The lowest BCUT2D eigenvalue weighted by atomic mass is 10.1. The van der Waals surface area contributed by atoms with Gasteiger partial charge in [-0.1, -0.05) is 6.07 Å². The largest absolute Gasteiger partial charge is 0.493 e. The van der Waals surface area contributed by atoms with Crippen LogP contribution in [-0.4, -0.2) is 30.7 Å². The van der Waals surface area contributed by atoms with Crippen LogP contribution >= 0.6 is 0 Å². The van der Waals surface area contributed by atoms with Gasteiger partial charge < -0.3 is 24.5 Å². The molecule has 0 bridgehead atoms. The minimum absolute atomic E-state index is 0.578. The van der Waals surface area contributed by atoms with Gasteiger partial charge in [0.05, 0.1) is 27.0 Å². The van der Waals surface area contributed by atoms with E-state index in [4.69, 9.17) is 13.9 Å². The quantitative estimate of drug-likeness (QED) is 0.610. The van der Waals surface area contributed by atoms with E-state index in [1.165, 1.54) is 6.33 Å². The summed E-state index contributed by atoms with van der Waals surface area (Å²) in [6.45, 7) is 1.32. The Labute approximate surface area is 152 Å². The fourth-order valence-electron chi connectivity index (χ4n) is 2.51. The standard InChI is InChI=1S/C19H22N4O3/c1-24-16-6-5-14(10-17(16)25-2)7-8-20-18-11-19(23-13-22-18)21-12-15-4-3-9-26-15/h3-6,9-11,13H,7-8,12H2,1-2H3,(H2,20,21,22,23). The van der Waals surface area contributed by atoms with Crippen molar-refractivity contribution in [3.8, 4) is 11.5 Å². The van der Waals surface area contributed by atoms with E-state index in [2.05, 4.69) is 20.6 Å². The predicted octanol–water partition coefficient (Wildman–Crippen LogP) is 3.35. The fraction of sp³-hybridized carbons (Fsp3) is 0.263. The normalized spacial score (nSPS) is 10.4. The molecule has 1 aromatic carbocycles. The number of nitrogens with zero attached hydrogens (tertiary/aromatic N) is 2. The van der Waals surface area contributed by atoms with Crippen LogP contribution in [0.3, 0.4) is 0 Å². The van der Waals surface area contributed by atoms with Crippen LogP contribution in [0.4, 0.5) is 11.6 Å². The number of anilines is 2. The molecular formula is C19H22N4O3. The van der Waals surface area contributed by atoms with Crippen LogP contribution < -0.4 is 20.1 Å². The van der Waals surface area contributed by atoms with Gasteiger partial charge in [0, 0.05) is 12.6 Å². The maximum Gasteiger partial charge on any atom is 0.160 e. The summed E-state index contributed by atoms with van der Waals surface area (Å²) >= 11 is 0. The van der Waals surface area contributed by atoms with E-state index >= 15 is 0 Å². The van der Waals surface area contributed by atoms with Crippen LogP contribution in [0.2, 0.25) is 0 Å². The van der Waals surface area contributed by atoms with Crippen molar-refractivity contribution in [3.05, 3.63) is 60.3 Å². The molecule has 0 saturated heterocycles. The molecule has 0 atom stereocenters. The number of aromatic nitrogens is 2. The molecule has 0 aliphatic rings. The summed E-state index contributed by atoms with van der Waals surface area (Å²) in [6.07, 6.45) is 4.01. The Hall–Kier alpha value is -3.22. The number of hydrogen-bond acceptors (Lipinski definition) is 7. The Kier molecular flexibility index (Phi) is 5.92. The van der Waals surface area contributed by atoms with Crippen LogP contribution in [0.5, 0.6) is 11.5 Å². The molecule has 136 valence electrons. The van der Waals surface area contributed by atoms with Crippen LogP contribution in [0.15, 0.2) is 53.4 Å². The maximum absolute atomic E-state index is 5.33. The smallest absolute Gasteiger partial charge is 0.160 e. The molecule has 3 rings (SSSR count). The number of methoxy groups -OCH3 is 2. The van der Waals surface area contributed by atoms with Crippen molar-refractivity contribution in [1.82, 2.24) is 9.97 Å². The molecule has 0 amide bonds. The molecule has 0 radical (unpaired) electrons. The van der Waals surface area contributed by atoms with Gasteiger partial charge in [-0.05, 0) is 36.2 Å². The SMILES string of the molecule is COc1ccc(CCNc2cc(NCc3ccco3)ncn2)cc1OC. The highest BCUT2D eigenvalue weighted by Crippen LogP contribution is 2.27. The van der Waals surface area contributed by atoms with Crippen molar-refractivity contribution in [2.45, 2.75) is 13.0 Å². The van der Waals surface area contributed by atoms with Crippen molar-refractivity contribution in [1.29, 1.82) is 0 Å². The molecule has 0 unspecified atom stereocenters. The summed E-state index contributed by atoms with van der Waals surface area (Å²) in [5.41, 5.74) is 1.15. The Morgan fingerprint density at radius 2 is 1.77 bits per heavy atom. The van der Waals surface area contributed by atoms with Gasteiger partial charge in [-0.2, -0.15) is 0 Å². The molecule has 2 heterocycles. The second-order valence-electron chi connectivity index (χ2n) is 5.59. The van der Waals surface area contributed by atoms with E-state index in [1.807, 2.05) is 36.4 Å². The molecule has 7 nitrogen and oxygen atoms in total. The van der Waals surface area contributed by atoms with E-state index in [1.54, 1.807) is 20.5 Å². The Morgan fingerprint density at radius 3 is 2.50 bits per heavy atom. The van der Waals surface area contributed by atoms with Gasteiger partial charge in [-0.15, -0.1) is 0 Å². The highest BCUT2D eigenvalue weighted by Gasteiger charge is 2.05. The molecule has 2 N–H and O–H groups in total. The van der Waals surface area contributed by atoms with E-state index in [0.29, 0.717) is 6.54 Å². The van der Waals surface area contributed by atoms with Gasteiger partial charge >= 0.3 is 0 Å². The van der Waals surface area contributed by atoms with E-state index in [0.717, 1.165) is 47.4 Å². The molecule has 0 spiro atoms. The minimum Gasteiger partial charge on any atom is -0.493 e. The molecule has 2 aromatic heterocycles. The first-order valence-corrected chi connectivity index (χ1v) is 8.31. The molecular weight excluding hydrogens is 332 g/mol. The molecule has 0 aliphatic carbocycles. The Bertz CT molecular complexity index is 821. The van der Waals surface area contributed by atoms with Crippen LogP contribution in [-0.2, 0) is 13.0 Å². The third-order valence-electron chi connectivity index (χ3n) is 3.86. The van der Waals surface area contributed by atoms with Gasteiger partial charge in [0.1, 0.15) is 23.7 Å². The highest BCUT2D eigenvalue weighted by molar-refractivity contribution is 5.47. The Balaban J connectivity index is 1.52. The van der Waals surface area contributed by atoms with Gasteiger partial charge in [0.15, 0.2) is 11.5 Å². The second kappa shape index (κ2) is 8.75. The molecule has 26 heavy (non-hydrogen) atoms. The zero-order valence-corrected chi connectivity index (χ0v) is 14.9. The van der Waals surface area contributed by atoms with Gasteiger partial charge in [-0.3, -0.25) is 0 Å². The average molecular weight is 354 g/mol. The van der Waals surface area contributed by atoms with E-state index in [9.17, 15) is 0 Å². The van der Waals surface area contributed by atoms with Gasteiger partial charge in [-0.25, -0.2) is 9.97 Å². The first-order chi connectivity index (χ1) is 12.8. The number of rotatable bonds is 9. The van der Waals surface area contributed by atoms with Crippen molar-refractivity contribution in [2.24, 2.45) is 0 Å². The molecule has 0 saturated carbocycles. The topological polar surface area (TPSA) is 81.4 Å². The number of hydrogen-bond donors (Lipinski definition) is 2. The summed E-state index contributed by atoms with van der Waals surface area (Å²) in [4.78, 5) is 8.46. The predicted molar refractivity (Wildman–Crippen MR) is 99.8 cm³/mol. The molecule has 0 aliphatic heterocycles. The van der Waals surface area contributed by atoms with Crippen LogP contribution in [0.1, 0.15) is 11.3 Å². The lowest BCUT2D eigenvalue weighted by Gasteiger charge is -2.11. The summed E-state index contributed by atoms with van der Waals surface area (Å²) in [6, 6.07) is 11.6. The van der Waals surface area contributed by atoms with Crippen molar-refractivity contribution < 1.29 is 13.9 Å². The second-order valence-corrected chi connectivity index (χ2v) is 5.59. The first-order valence-electron chi connectivity index (χ1n) is 8.31. The summed E-state index contributed by atoms with van der Waals surface area (Å²) < 4.78 is 15.9. The summed E-state index contributed by atoms with van der Waals surface area (Å²) in [5.74, 6) is 3.82. The number of nitrogens with one attached hydrogen (secondary N) is 2. The van der Waals surface area contributed by atoms with Crippen molar-refractivity contribution >= 4 is 11.6 Å². The van der Waals surface area contributed by atoms with Crippen molar-refractivity contribution in [3.63, 3.8) is 0 Å². The summed E-state index contributed by atoms with van der Waals surface area (Å²) in [7, 11) is 3.27. The molecule has 3 aromatic rings. The third-order valence-corrected chi connectivity index (χ3v) is 3.86. The van der Waals surface area contributed by atoms with Crippen LogP contribution in [0, 0.1) is 0 Å². The van der Waals surface area contributed by atoms with E-state index < -0.39 is 0 Å². The molecule has 7 heteroatoms. The zero-order chi connectivity index (χ0) is 18.2. The van der Waals surface area contributed by atoms with Gasteiger partial charge in [0.25, 0.3) is 0 Å². The first kappa shape index (κ1) is 17.6. The van der Waals surface area contributed by atoms with Crippen LogP contribution in [0.25, 0.3) is 0 Å². The fourth-order valence-corrected chi connectivity index (χ4v) is 2.51. The van der Waals surface area contributed by atoms with E-state index in [-0.39, 0.29) is 0 Å². The highest BCUT2D eigenvalue weighted by atomic mass is 16.5. The number of furan rings is 1. The number of benzene rings is 1. The van der Waals surface area contributed by atoms with Crippen molar-refractivity contribution in [2.75, 3.05) is 31.4 Å². The maximum atomic E-state index is 5.33. The summed E-state index contributed by atoms with van der Waals surface area (Å²) in [5, 5.41) is 6.51. The average Bonchev–Trinajstić information content (AvgIpc) is 3.20. The third kappa shape index (κ3) is 4.66. The molecule has 0 fully saturated rings. The minimum atomic E-state index is 0.578. The lowest BCUT2D eigenvalue weighted by Crippen LogP contribution is -2.08. The Morgan fingerprint density at radius 1 is 0.962 bits per heavy atom.